The van der Waals surface area contributed by atoms with Gasteiger partial charge in [0.15, 0.2) is 12.0 Å². The van der Waals surface area contributed by atoms with Gasteiger partial charge in [-0.15, -0.1) is 0 Å². The molecule has 0 saturated carbocycles. The first kappa shape index (κ1) is 10.2. The predicted octanol–water partition coefficient (Wildman–Crippen LogP) is 2.62. The molecule has 1 aromatic heterocycles. The first-order chi connectivity index (χ1) is 7.04. The van der Waals surface area contributed by atoms with Crippen LogP contribution in [0.2, 0.25) is 0 Å². The summed E-state index contributed by atoms with van der Waals surface area (Å²) in [5.41, 5.74) is 3.49. The molecule has 0 spiro atoms. The van der Waals surface area contributed by atoms with E-state index in [2.05, 4.69) is 25.8 Å². The second-order valence-corrected chi connectivity index (χ2v) is 4.70. The molecule has 0 fully saturated rings. The highest BCUT2D eigenvalue weighted by Crippen LogP contribution is 2.30. The standard InChI is InChI=1S/C12H15NO2/c1-12(2,3)9-4-5-10-11(8(9)6-14)13-7-15-10/h4-5,7,14H,6H2,1-3H3. The summed E-state index contributed by atoms with van der Waals surface area (Å²) in [7, 11) is 0. The highest BCUT2D eigenvalue weighted by Gasteiger charge is 2.20. The van der Waals surface area contributed by atoms with Crippen molar-refractivity contribution >= 4 is 11.1 Å². The third-order valence-electron chi connectivity index (χ3n) is 2.57. The van der Waals surface area contributed by atoms with Crippen LogP contribution in [0.1, 0.15) is 31.9 Å². The third-order valence-corrected chi connectivity index (χ3v) is 2.57. The molecule has 2 rings (SSSR count). The van der Waals surface area contributed by atoms with Crippen molar-refractivity contribution in [1.29, 1.82) is 0 Å². The van der Waals surface area contributed by atoms with Gasteiger partial charge in [0.05, 0.1) is 6.61 Å². The molecule has 1 aromatic carbocycles. The topological polar surface area (TPSA) is 46.3 Å². The van der Waals surface area contributed by atoms with Crippen LogP contribution in [0, 0.1) is 0 Å². The maximum Gasteiger partial charge on any atom is 0.181 e. The molecule has 0 unspecified atom stereocenters. The van der Waals surface area contributed by atoms with Gasteiger partial charge in [0.2, 0.25) is 0 Å². The number of aliphatic hydroxyl groups excluding tert-OH is 1. The van der Waals surface area contributed by atoms with Crippen molar-refractivity contribution in [2.75, 3.05) is 0 Å². The Morgan fingerprint density at radius 3 is 2.67 bits per heavy atom. The van der Waals surface area contributed by atoms with Crippen molar-refractivity contribution in [3.63, 3.8) is 0 Å². The SMILES string of the molecule is CC(C)(C)c1ccc2ocnc2c1CO. The first-order valence-electron chi connectivity index (χ1n) is 5.00. The normalized spacial score (nSPS) is 12.3. The maximum absolute atomic E-state index is 9.42. The lowest BCUT2D eigenvalue weighted by Gasteiger charge is -2.22. The number of nitrogens with zero attached hydrogens (tertiary/aromatic N) is 1. The summed E-state index contributed by atoms with van der Waals surface area (Å²) >= 11 is 0. The molecule has 0 atom stereocenters. The molecular formula is C12H15NO2. The van der Waals surface area contributed by atoms with Gasteiger partial charge < -0.3 is 9.52 Å². The van der Waals surface area contributed by atoms with Gasteiger partial charge in [-0.2, -0.15) is 0 Å². The zero-order chi connectivity index (χ0) is 11.1. The fraction of sp³-hybridized carbons (Fsp3) is 0.417. The summed E-state index contributed by atoms with van der Waals surface area (Å²) in [5.74, 6) is 0. The van der Waals surface area contributed by atoms with Gasteiger partial charge in [0, 0.05) is 5.56 Å². The van der Waals surface area contributed by atoms with Gasteiger partial charge >= 0.3 is 0 Å². The number of hydrogen-bond donors (Lipinski definition) is 1. The van der Waals surface area contributed by atoms with Crippen molar-refractivity contribution in [2.45, 2.75) is 32.8 Å². The Hall–Kier alpha value is -1.35. The van der Waals surface area contributed by atoms with Crippen molar-refractivity contribution in [3.8, 4) is 0 Å². The van der Waals surface area contributed by atoms with E-state index in [1.54, 1.807) is 0 Å². The summed E-state index contributed by atoms with van der Waals surface area (Å²) in [4.78, 5) is 4.14. The van der Waals surface area contributed by atoms with E-state index in [0.29, 0.717) is 0 Å². The summed E-state index contributed by atoms with van der Waals surface area (Å²) in [6.45, 7) is 6.35. The Morgan fingerprint density at radius 2 is 2.07 bits per heavy atom. The Bertz CT molecular complexity index is 480. The molecule has 0 aliphatic rings. The smallest absolute Gasteiger partial charge is 0.181 e. The van der Waals surface area contributed by atoms with E-state index in [9.17, 15) is 5.11 Å². The van der Waals surface area contributed by atoms with Gasteiger partial charge in [-0.3, -0.25) is 0 Å². The van der Waals surface area contributed by atoms with Crippen LogP contribution >= 0.6 is 0 Å². The van der Waals surface area contributed by atoms with E-state index in [4.69, 9.17) is 4.42 Å². The Kier molecular flexibility index (Phi) is 2.27. The zero-order valence-corrected chi connectivity index (χ0v) is 9.24. The van der Waals surface area contributed by atoms with Crippen LogP contribution in [-0.2, 0) is 12.0 Å². The van der Waals surface area contributed by atoms with Gasteiger partial charge in [0.1, 0.15) is 5.52 Å². The highest BCUT2D eigenvalue weighted by atomic mass is 16.3. The first-order valence-corrected chi connectivity index (χ1v) is 5.00. The van der Waals surface area contributed by atoms with Gasteiger partial charge in [0.25, 0.3) is 0 Å². The number of rotatable bonds is 1. The second kappa shape index (κ2) is 3.35. The molecule has 15 heavy (non-hydrogen) atoms. The van der Waals surface area contributed by atoms with Crippen molar-refractivity contribution in [2.24, 2.45) is 0 Å². The summed E-state index contributed by atoms with van der Waals surface area (Å²) in [6, 6.07) is 3.90. The molecule has 0 saturated heterocycles. The lowest BCUT2D eigenvalue weighted by atomic mass is 9.83. The molecule has 0 aliphatic heterocycles. The van der Waals surface area contributed by atoms with Crippen LogP contribution in [0.5, 0.6) is 0 Å². The molecule has 0 bridgehead atoms. The fourth-order valence-electron chi connectivity index (χ4n) is 1.85. The number of aliphatic hydroxyl groups is 1. The highest BCUT2D eigenvalue weighted by molar-refractivity contribution is 5.78. The van der Waals surface area contributed by atoms with Gasteiger partial charge in [-0.05, 0) is 17.0 Å². The molecule has 1 heterocycles. The Morgan fingerprint density at radius 1 is 1.33 bits per heavy atom. The number of benzene rings is 1. The minimum absolute atomic E-state index is 0.00350. The van der Waals surface area contributed by atoms with Crippen molar-refractivity contribution in [1.82, 2.24) is 4.98 Å². The number of fused-ring (bicyclic) bond motifs is 1. The predicted molar refractivity (Wildman–Crippen MR) is 58.6 cm³/mol. The molecule has 3 heteroatoms. The zero-order valence-electron chi connectivity index (χ0n) is 9.24. The van der Waals surface area contributed by atoms with Gasteiger partial charge in [-0.25, -0.2) is 4.98 Å². The maximum atomic E-state index is 9.42. The van der Waals surface area contributed by atoms with E-state index in [1.807, 2.05) is 12.1 Å². The molecule has 1 N–H and O–H groups in total. The molecule has 2 aromatic rings. The van der Waals surface area contributed by atoms with E-state index >= 15 is 0 Å². The van der Waals surface area contributed by atoms with Crippen LogP contribution in [0.4, 0.5) is 0 Å². The average Bonchev–Trinajstić information content (AvgIpc) is 2.61. The minimum Gasteiger partial charge on any atom is -0.443 e. The largest absolute Gasteiger partial charge is 0.443 e. The molecule has 0 amide bonds. The molecule has 80 valence electrons. The van der Waals surface area contributed by atoms with Crippen LogP contribution in [0.15, 0.2) is 22.9 Å². The minimum atomic E-state index is -0.00350. The van der Waals surface area contributed by atoms with Crippen LogP contribution in [-0.4, -0.2) is 10.1 Å². The average molecular weight is 205 g/mol. The van der Waals surface area contributed by atoms with Crippen LogP contribution in [0.25, 0.3) is 11.1 Å². The number of oxazole rings is 1. The molecular weight excluding hydrogens is 190 g/mol. The van der Waals surface area contributed by atoms with E-state index in [0.717, 1.165) is 22.2 Å². The van der Waals surface area contributed by atoms with Crippen LogP contribution in [0.3, 0.4) is 0 Å². The molecule has 0 radical (unpaired) electrons. The lowest BCUT2D eigenvalue weighted by Crippen LogP contribution is -2.14. The number of aromatic nitrogens is 1. The number of hydrogen-bond acceptors (Lipinski definition) is 3. The monoisotopic (exact) mass is 205 g/mol. The van der Waals surface area contributed by atoms with E-state index in [-0.39, 0.29) is 12.0 Å². The van der Waals surface area contributed by atoms with Crippen LogP contribution < -0.4 is 0 Å². The second-order valence-electron chi connectivity index (χ2n) is 4.70. The lowest BCUT2D eigenvalue weighted by molar-refractivity contribution is 0.280. The van der Waals surface area contributed by atoms with Gasteiger partial charge in [-0.1, -0.05) is 26.8 Å². The van der Waals surface area contributed by atoms with E-state index < -0.39 is 0 Å². The Labute approximate surface area is 88.7 Å². The summed E-state index contributed by atoms with van der Waals surface area (Å²) in [5, 5.41) is 9.42. The quantitative estimate of drug-likeness (QED) is 0.778. The Balaban J connectivity index is 2.75. The summed E-state index contributed by atoms with van der Waals surface area (Å²) < 4.78 is 5.21. The fourth-order valence-corrected chi connectivity index (χ4v) is 1.85. The van der Waals surface area contributed by atoms with Crippen molar-refractivity contribution in [3.05, 3.63) is 29.7 Å². The van der Waals surface area contributed by atoms with Crippen molar-refractivity contribution < 1.29 is 9.52 Å². The molecule has 0 aliphatic carbocycles. The molecule has 3 nitrogen and oxygen atoms in total. The van der Waals surface area contributed by atoms with E-state index in [1.165, 1.54) is 6.39 Å². The summed E-state index contributed by atoms with van der Waals surface area (Å²) in [6.07, 6.45) is 1.41. The third kappa shape index (κ3) is 1.63.